The molecule has 0 bridgehead atoms. The van der Waals surface area contributed by atoms with Crippen molar-refractivity contribution < 1.29 is 5.11 Å². The van der Waals surface area contributed by atoms with Crippen LogP contribution in [0, 0.1) is 6.92 Å². The molecule has 0 spiro atoms. The summed E-state index contributed by atoms with van der Waals surface area (Å²) < 4.78 is 0. The molecule has 7 heteroatoms. The highest BCUT2D eigenvalue weighted by Crippen LogP contribution is 2.31. The van der Waals surface area contributed by atoms with E-state index in [2.05, 4.69) is 47.5 Å². The van der Waals surface area contributed by atoms with Crippen molar-refractivity contribution in [2.24, 2.45) is 0 Å². The smallest absolute Gasteiger partial charge is 0.162 e. The molecule has 2 heterocycles. The van der Waals surface area contributed by atoms with Gasteiger partial charge in [0.2, 0.25) is 0 Å². The Kier molecular flexibility index (Phi) is 8.51. The van der Waals surface area contributed by atoms with Crippen LogP contribution in [0.3, 0.4) is 0 Å². The third kappa shape index (κ3) is 6.44. The lowest BCUT2D eigenvalue weighted by Crippen LogP contribution is -2.44. The maximum atomic E-state index is 7.57. The minimum atomic E-state index is 0.250. The second-order valence-corrected chi connectivity index (χ2v) is 8.39. The van der Waals surface area contributed by atoms with Crippen molar-refractivity contribution in [3.8, 4) is 11.4 Å². The van der Waals surface area contributed by atoms with E-state index in [0.29, 0.717) is 0 Å². The lowest BCUT2D eigenvalue weighted by Gasteiger charge is -2.28. The lowest BCUT2D eigenvalue weighted by molar-refractivity contribution is 0.318. The van der Waals surface area contributed by atoms with E-state index < -0.39 is 0 Å². The molecule has 2 aromatic carbocycles. The van der Waals surface area contributed by atoms with Gasteiger partial charge < -0.3 is 15.3 Å². The Balaban J connectivity index is 0.000000806. The highest BCUT2D eigenvalue weighted by Gasteiger charge is 2.16. The Morgan fingerprint density at radius 3 is 2.30 bits per heavy atom. The van der Waals surface area contributed by atoms with Crippen LogP contribution in [0.5, 0.6) is 0 Å². The monoisotopic (exact) mass is 442 g/mol. The number of hydrogen-bond donors (Lipinski definition) is 2. The Morgan fingerprint density at radius 2 is 1.67 bits per heavy atom. The fraction of sp³-hybridized carbons (Fsp3) is 0.304. The van der Waals surface area contributed by atoms with Crippen LogP contribution in [0.1, 0.15) is 12.5 Å². The van der Waals surface area contributed by atoms with Crippen molar-refractivity contribution >= 4 is 29.2 Å². The zero-order valence-electron chi connectivity index (χ0n) is 17.3. The molecule has 0 saturated carbocycles. The molecule has 1 aliphatic heterocycles. The first-order valence-electron chi connectivity index (χ1n) is 10.0. The molecular formula is C23H27ClN4OS. The molecule has 5 nitrogen and oxygen atoms in total. The zero-order chi connectivity index (χ0) is 21.3. The van der Waals surface area contributed by atoms with E-state index in [-0.39, 0.29) is 6.61 Å². The van der Waals surface area contributed by atoms with Gasteiger partial charge in [-0.15, -0.1) is 0 Å². The van der Waals surface area contributed by atoms with Gasteiger partial charge in [-0.25, -0.2) is 9.97 Å². The Labute approximate surface area is 187 Å². The molecule has 158 valence electrons. The summed E-state index contributed by atoms with van der Waals surface area (Å²) in [5, 5.41) is 12.6. The highest BCUT2D eigenvalue weighted by atomic mass is 35.5. The molecule has 0 radical (unpaired) electrons. The number of rotatable bonds is 4. The van der Waals surface area contributed by atoms with Crippen LogP contribution in [-0.2, 0) is 0 Å². The SMILES string of the molecule is CCO.Cc1ccc(-c2nc(Sc3ccc(Cl)cc3)cc(N3CCNCC3)n2)cc1. The van der Waals surface area contributed by atoms with Crippen molar-refractivity contribution in [1.29, 1.82) is 0 Å². The van der Waals surface area contributed by atoms with E-state index in [1.54, 1.807) is 18.7 Å². The first kappa shape index (κ1) is 22.6. The van der Waals surface area contributed by atoms with Crippen LogP contribution >= 0.6 is 23.4 Å². The highest BCUT2D eigenvalue weighted by molar-refractivity contribution is 7.99. The first-order chi connectivity index (χ1) is 14.6. The second kappa shape index (κ2) is 11.3. The summed E-state index contributed by atoms with van der Waals surface area (Å²) >= 11 is 7.65. The van der Waals surface area contributed by atoms with Gasteiger partial charge >= 0.3 is 0 Å². The predicted octanol–water partition coefficient (Wildman–Crippen LogP) is 4.66. The number of anilines is 1. The maximum Gasteiger partial charge on any atom is 0.162 e. The van der Waals surface area contributed by atoms with Crippen molar-refractivity contribution in [2.75, 3.05) is 37.7 Å². The third-order valence-electron chi connectivity index (χ3n) is 4.48. The number of aliphatic hydroxyl groups is 1. The van der Waals surface area contributed by atoms with Crippen LogP contribution in [-0.4, -0.2) is 47.9 Å². The second-order valence-electron chi connectivity index (χ2n) is 6.86. The average Bonchev–Trinajstić information content (AvgIpc) is 2.77. The summed E-state index contributed by atoms with van der Waals surface area (Å²) in [5.74, 6) is 1.75. The molecule has 0 atom stereocenters. The third-order valence-corrected chi connectivity index (χ3v) is 5.65. The van der Waals surface area contributed by atoms with Gasteiger partial charge in [-0.1, -0.05) is 53.2 Å². The number of aryl methyl sites for hydroxylation is 1. The summed E-state index contributed by atoms with van der Waals surface area (Å²) in [6.07, 6.45) is 0. The van der Waals surface area contributed by atoms with E-state index >= 15 is 0 Å². The molecule has 0 amide bonds. The summed E-state index contributed by atoms with van der Waals surface area (Å²) in [4.78, 5) is 13.1. The Hall–Kier alpha value is -2.12. The van der Waals surface area contributed by atoms with Gasteiger partial charge in [-0.05, 0) is 38.1 Å². The molecule has 3 aromatic rings. The fourth-order valence-electron chi connectivity index (χ4n) is 2.98. The molecule has 1 saturated heterocycles. The minimum absolute atomic E-state index is 0.250. The standard InChI is InChI=1S/C21H21ClN4S.C2H6O/c1-15-2-4-16(5-3-15)21-24-19(26-12-10-23-11-13-26)14-20(25-21)27-18-8-6-17(22)7-9-18;1-2-3/h2-9,14,23H,10-13H2,1H3;3H,2H2,1H3. The molecule has 30 heavy (non-hydrogen) atoms. The summed E-state index contributed by atoms with van der Waals surface area (Å²) in [5.41, 5.74) is 2.27. The number of hydrogen-bond acceptors (Lipinski definition) is 6. The van der Waals surface area contributed by atoms with Crippen LogP contribution in [0.2, 0.25) is 5.02 Å². The van der Waals surface area contributed by atoms with Crippen LogP contribution in [0.25, 0.3) is 11.4 Å². The van der Waals surface area contributed by atoms with E-state index in [0.717, 1.165) is 58.3 Å². The van der Waals surface area contributed by atoms with Gasteiger partial charge in [-0.2, -0.15) is 0 Å². The molecule has 1 aliphatic rings. The van der Waals surface area contributed by atoms with Gasteiger partial charge in [-0.3, -0.25) is 0 Å². The number of benzene rings is 2. The normalized spacial score (nSPS) is 13.5. The van der Waals surface area contributed by atoms with Gasteiger partial charge in [0.15, 0.2) is 5.82 Å². The van der Waals surface area contributed by atoms with Gasteiger partial charge in [0, 0.05) is 54.3 Å². The maximum absolute atomic E-state index is 7.57. The number of halogens is 1. The van der Waals surface area contributed by atoms with Crippen molar-refractivity contribution in [1.82, 2.24) is 15.3 Å². The average molecular weight is 443 g/mol. The number of aromatic nitrogens is 2. The lowest BCUT2D eigenvalue weighted by atomic mass is 10.1. The Morgan fingerprint density at radius 1 is 1.03 bits per heavy atom. The van der Waals surface area contributed by atoms with E-state index in [1.165, 1.54) is 5.56 Å². The van der Waals surface area contributed by atoms with E-state index in [9.17, 15) is 0 Å². The summed E-state index contributed by atoms with van der Waals surface area (Å²) in [6, 6.07) is 18.3. The quantitative estimate of drug-likeness (QED) is 0.573. The van der Waals surface area contributed by atoms with Crippen LogP contribution in [0.4, 0.5) is 5.82 Å². The van der Waals surface area contributed by atoms with Crippen molar-refractivity contribution in [3.63, 3.8) is 0 Å². The molecule has 0 unspecified atom stereocenters. The van der Waals surface area contributed by atoms with E-state index in [1.807, 2.05) is 24.3 Å². The summed E-state index contributed by atoms with van der Waals surface area (Å²) in [6.45, 7) is 7.88. The molecule has 4 rings (SSSR count). The van der Waals surface area contributed by atoms with Crippen LogP contribution < -0.4 is 10.2 Å². The fourth-order valence-corrected chi connectivity index (χ4v) is 3.91. The molecule has 2 N–H and O–H groups in total. The van der Waals surface area contributed by atoms with Crippen LogP contribution in [0.15, 0.2) is 64.5 Å². The predicted molar refractivity (Wildman–Crippen MR) is 126 cm³/mol. The van der Waals surface area contributed by atoms with Gasteiger partial charge in [0.1, 0.15) is 10.8 Å². The zero-order valence-corrected chi connectivity index (χ0v) is 18.9. The topological polar surface area (TPSA) is 61.3 Å². The number of aliphatic hydroxyl groups excluding tert-OH is 1. The Bertz CT molecular complexity index is 929. The van der Waals surface area contributed by atoms with E-state index in [4.69, 9.17) is 26.7 Å². The van der Waals surface area contributed by atoms with Crippen molar-refractivity contribution in [3.05, 3.63) is 65.2 Å². The minimum Gasteiger partial charge on any atom is -0.397 e. The van der Waals surface area contributed by atoms with Crippen molar-refractivity contribution in [2.45, 2.75) is 23.8 Å². The molecule has 1 aromatic heterocycles. The molecular weight excluding hydrogens is 416 g/mol. The molecule has 1 fully saturated rings. The largest absolute Gasteiger partial charge is 0.397 e. The van der Waals surface area contributed by atoms with Gasteiger partial charge in [0.05, 0.1) is 0 Å². The number of nitrogens with one attached hydrogen (secondary N) is 1. The molecule has 0 aliphatic carbocycles. The number of nitrogens with zero attached hydrogens (tertiary/aromatic N) is 3. The first-order valence-corrected chi connectivity index (χ1v) is 11.2. The number of piperazine rings is 1. The van der Waals surface area contributed by atoms with Gasteiger partial charge in [0.25, 0.3) is 0 Å². The summed E-state index contributed by atoms with van der Waals surface area (Å²) in [7, 11) is 0.